The molecule has 2 aliphatic rings. The van der Waals surface area contributed by atoms with E-state index in [0.29, 0.717) is 23.9 Å². The van der Waals surface area contributed by atoms with E-state index >= 15 is 0 Å². The van der Waals surface area contributed by atoms with Gasteiger partial charge in [0.2, 0.25) is 12.2 Å². The molecule has 11 nitrogen and oxygen atoms in total. The van der Waals surface area contributed by atoms with Crippen molar-refractivity contribution in [3.8, 4) is 22.3 Å². The summed E-state index contributed by atoms with van der Waals surface area (Å²) >= 11 is 0. The summed E-state index contributed by atoms with van der Waals surface area (Å²) in [4.78, 5) is 39.3. The molecular weight excluding hydrogens is 675 g/mol. The van der Waals surface area contributed by atoms with E-state index in [9.17, 15) is 29.4 Å². The first kappa shape index (κ1) is 36.0. The van der Waals surface area contributed by atoms with Crippen LogP contribution in [-0.4, -0.2) is 26.2 Å². The van der Waals surface area contributed by atoms with Crippen LogP contribution in [0.15, 0.2) is 134 Å². The van der Waals surface area contributed by atoms with E-state index < -0.39 is 16.4 Å². The van der Waals surface area contributed by atoms with Crippen molar-refractivity contribution in [2.24, 2.45) is 0 Å². The third-order valence-corrected chi connectivity index (χ3v) is 8.70. The highest BCUT2D eigenvalue weighted by Crippen LogP contribution is 2.43. The minimum atomic E-state index is -0.755. The largest absolute Gasteiger partial charge is 0.350 e. The number of hydrogen-bond donors (Lipinski definition) is 2. The van der Waals surface area contributed by atoms with Gasteiger partial charge < -0.3 is 10.6 Å². The number of hydrogen-bond acceptors (Lipinski definition) is 8. The van der Waals surface area contributed by atoms with Crippen molar-refractivity contribution in [3.63, 3.8) is 0 Å². The average Bonchev–Trinajstić information content (AvgIpc) is 4.12. The minimum Gasteiger partial charge on any atom is -0.350 e. The van der Waals surface area contributed by atoms with E-state index in [1.54, 1.807) is 36.9 Å². The summed E-state index contributed by atoms with van der Waals surface area (Å²) in [6, 6.07) is 32.8. The summed E-state index contributed by atoms with van der Waals surface area (Å²) in [5.74, 6) is 0.148. The van der Waals surface area contributed by atoms with Crippen molar-refractivity contribution in [2.75, 3.05) is 10.6 Å². The maximum Gasteiger partial charge on any atom is 0.305 e. The van der Waals surface area contributed by atoms with Gasteiger partial charge in [-0.1, -0.05) is 48.5 Å². The number of anilines is 3. The van der Waals surface area contributed by atoms with Gasteiger partial charge in [0, 0.05) is 59.4 Å². The standard InChI is InChI=1S/C20H17N3O2.C12H10N2O.C9H8FNO2/c24-23(25)20-12-16(14-6-7-14)8-9-19(20)22-18-5-1-3-15(11-18)17-4-2-10-21-13-17;15-9-14-12-5-1-3-10(7-12)11-4-2-6-13-8-11;10-8-4-3-7(6-1-2-6)5-9(8)11(12)13/h1-5,8-14,22H,6-7H2;1-9H,(H,14,15);3-6H,1-2H2. The Morgan fingerprint density at radius 3 is 1.64 bits per heavy atom. The number of benzene rings is 4. The molecule has 6 aromatic rings. The molecule has 2 N–H and O–H groups in total. The molecule has 2 saturated carbocycles. The lowest BCUT2D eigenvalue weighted by atomic mass is 10.1. The molecule has 53 heavy (non-hydrogen) atoms. The second kappa shape index (κ2) is 16.9. The topological polar surface area (TPSA) is 153 Å². The number of amides is 1. The fraction of sp³-hybridized carbons (Fsp3) is 0.146. The maximum absolute atomic E-state index is 12.9. The van der Waals surface area contributed by atoms with E-state index in [1.807, 2.05) is 84.9 Å². The van der Waals surface area contributed by atoms with Gasteiger partial charge in [-0.05, 0) is 108 Å². The van der Waals surface area contributed by atoms with E-state index in [0.717, 1.165) is 70.4 Å². The molecule has 4 aromatic carbocycles. The smallest absolute Gasteiger partial charge is 0.305 e. The molecule has 0 unspecified atom stereocenters. The van der Waals surface area contributed by atoms with Gasteiger partial charge in [0.1, 0.15) is 5.69 Å². The first-order valence-corrected chi connectivity index (χ1v) is 17.0. The zero-order valence-electron chi connectivity index (χ0n) is 28.5. The summed E-state index contributed by atoms with van der Waals surface area (Å²) in [6.07, 6.45) is 12.1. The van der Waals surface area contributed by atoms with Crippen LogP contribution in [-0.2, 0) is 4.79 Å². The van der Waals surface area contributed by atoms with Crippen LogP contribution in [0.1, 0.15) is 48.6 Å². The molecule has 12 heteroatoms. The lowest BCUT2D eigenvalue weighted by molar-refractivity contribution is -0.387. The number of halogens is 1. The van der Waals surface area contributed by atoms with Crippen molar-refractivity contribution in [2.45, 2.75) is 37.5 Å². The highest BCUT2D eigenvalue weighted by molar-refractivity contribution is 5.76. The van der Waals surface area contributed by atoms with E-state index in [2.05, 4.69) is 20.6 Å². The molecule has 2 fully saturated rings. The van der Waals surface area contributed by atoms with Crippen molar-refractivity contribution in [1.29, 1.82) is 0 Å². The molecule has 0 spiro atoms. The molecule has 266 valence electrons. The lowest BCUT2D eigenvalue weighted by Crippen LogP contribution is -1.98. The van der Waals surface area contributed by atoms with Crippen LogP contribution in [0.2, 0.25) is 0 Å². The summed E-state index contributed by atoms with van der Waals surface area (Å²) in [5, 5.41) is 27.6. The van der Waals surface area contributed by atoms with Gasteiger partial charge >= 0.3 is 5.69 Å². The Hall–Kier alpha value is -6.82. The number of nitro groups is 2. The molecule has 0 saturated heterocycles. The van der Waals surface area contributed by atoms with Crippen molar-refractivity contribution in [1.82, 2.24) is 9.97 Å². The second-order valence-electron chi connectivity index (χ2n) is 12.6. The normalized spacial score (nSPS) is 12.9. The van der Waals surface area contributed by atoms with E-state index in [1.165, 1.54) is 12.1 Å². The summed E-state index contributed by atoms with van der Waals surface area (Å²) in [5.41, 5.74) is 7.84. The van der Waals surface area contributed by atoms with Crippen LogP contribution in [0.25, 0.3) is 22.3 Å². The third-order valence-electron chi connectivity index (χ3n) is 8.70. The molecule has 1 amide bonds. The Labute approximate surface area is 304 Å². The highest BCUT2D eigenvalue weighted by Gasteiger charge is 2.27. The Morgan fingerprint density at radius 2 is 1.13 bits per heavy atom. The van der Waals surface area contributed by atoms with Gasteiger partial charge in [-0.25, -0.2) is 0 Å². The number of pyridine rings is 2. The third kappa shape index (κ3) is 9.91. The predicted octanol–water partition coefficient (Wildman–Crippen LogP) is 10.2. The molecule has 0 bridgehead atoms. The van der Waals surface area contributed by atoms with Gasteiger partial charge in [0.15, 0.2) is 0 Å². The van der Waals surface area contributed by atoms with Gasteiger partial charge in [0.25, 0.3) is 5.69 Å². The Morgan fingerprint density at radius 1 is 0.623 bits per heavy atom. The van der Waals surface area contributed by atoms with Crippen molar-refractivity contribution in [3.05, 3.63) is 171 Å². The van der Waals surface area contributed by atoms with Gasteiger partial charge in [-0.15, -0.1) is 0 Å². The maximum atomic E-state index is 12.9. The fourth-order valence-corrected chi connectivity index (χ4v) is 5.67. The second-order valence-corrected chi connectivity index (χ2v) is 12.6. The van der Waals surface area contributed by atoms with Crippen LogP contribution >= 0.6 is 0 Å². The summed E-state index contributed by atoms with van der Waals surface area (Å²) < 4.78 is 12.9. The molecule has 2 aliphatic carbocycles. The summed E-state index contributed by atoms with van der Waals surface area (Å²) in [7, 11) is 0. The average molecular weight is 711 g/mol. The highest BCUT2D eigenvalue weighted by atomic mass is 19.1. The Bertz CT molecular complexity index is 2210. The number of rotatable bonds is 10. The number of carbonyl (C=O) groups is 1. The molecule has 0 atom stereocenters. The first-order valence-electron chi connectivity index (χ1n) is 17.0. The van der Waals surface area contributed by atoms with Gasteiger partial charge in [0.05, 0.1) is 9.85 Å². The van der Waals surface area contributed by atoms with E-state index in [4.69, 9.17) is 0 Å². The molecule has 2 heterocycles. The monoisotopic (exact) mass is 710 g/mol. The van der Waals surface area contributed by atoms with Crippen molar-refractivity contribution >= 4 is 34.8 Å². The Kier molecular flexibility index (Phi) is 11.5. The first-order chi connectivity index (χ1) is 25.8. The fourth-order valence-electron chi connectivity index (χ4n) is 5.67. The van der Waals surface area contributed by atoms with Gasteiger partial charge in [-0.2, -0.15) is 4.39 Å². The summed E-state index contributed by atoms with van der Waals surface area (Å²) in [6.45, 7) is 0. The molecule has 8 rings (SSSR count). The number of aromatic nitrogens is 2. The van der Waals surface area contributed by atoms with Crippen LogP contribution < -0.4 is 10.6 Å². The zero-order chi connectivity index (χ0) is 37.2. The zero-order valence-corrected chi connectivity index (χ0v) is 28.5. The molecule has 0 radical (unpaired) electrons. The lowest BCUT2D eigenvalue weighted by Gasteiger charge is -2.10. The van der Waals surface area contributed by atoms with Crippen LogP contribution in [0.5, 0.6) is 0 Å². The predicted molar refractivity (Wildman–Crippen MR) is 202 cm³/mol. The van der Waals surface area contributed by atoms with E-state index in [-0.39, 0.29) is 10.6 Å². The molecule has 2 aromatic heterocycles. The molecular formula is C41H35FN6O5. The van der Waals surface area contributed by atoms with Crippen LogP contribution in [0, 0.1) is 26.0 Å². The Balaban J connectivity index is 0.000000147. The minimum absolute atomic E-state index is 0.121. The molecule has 0 aliphatic heterocycles. The number of carbonyl (C=O) groups excluding carboxylic acids is 1. The quantitative estimate of drug-likeness (QED) is 0.0809. The number of nitrogens with one attached hydrogen (secondary N) is 2. The SMILES string of the molecule is O=CNc1cccc(-c2cccnc2)c1.O=[N+]([O-])c1cc(C2CC2)ccc1F.O=[N+]([O-])c1cc(C2CC2)ccc1Nc1cccc(-c2cccnc2)c1. The van der Waals surface area contributed by atoms with Crippen LogP contribution in [0.4, 0.5) is 32.8 Å². The number of nitro benzene ring substituents is 2. The number of nitrogens with zero attached hydrogens (tertiary/aromatic N) is 4. The van der Waals surface area contributed by atoms with Crippen LogP contribution in [0.3, 0.4) is 0 Å². The van der Waals surface area contributed by atoms with Gasteiger partial charge in [-0.3, -0.25) is 35.0 Å². The van der Waals surface area contributed by atoms with Crippen molar-refractivity contribution < 1.29 is 19.0 Å².